The minimum atomic E-state index is -0.507. The van der Waals surface area contributed by atoms with Gasteiger partial charge in [-0.25, -0.2) is 9.78 Å². The molecule has 0 N–H and O–H groups in total. The molecule has 0 bridgehead atoms. The van der Waals surface area contributed by atoms with Gasteiger partial charge in [-0.3, -0.25) is 4.98 Å². The van der Waals surface area contributed by atoms with Crippen LogP contribution < -0.4 is 4.74 Å². The first-order valence-corrected chi connectivity index (χ1v) is 8.10. The van der Waals surface area contributed by atoms with Crippen molar-refractivity contribution in [1.82, 2.24) is 9.97 Å². The molecule has 2 aromatic carbocycles. The molecule has 3 aromatic rings. The number of benzene rings is 2. The fraction of sp³-hybridized carbons (Fsp3) is 0.0952. The summed E-state index contributed by atoms with van der Waals surface area (Å²) in [6.45, 7) is 0.499. The van der Waals surface area contributed by atoms with Crippen LogP contribution in [0.2, 0.25) is 0 Å². The van der Waals surface area contributed by atoms with Crippen LogP contribution in [0.25, 0.3) is 12.2 Å². The Bertz CT molecular complexity index is 891. The Morgan fingerprint density at radius 1 is 0.962 bits per heavy atom. The SMILES string of the molecule is COC(=O)c1cnc(C=Cc2ccccc2OCc2ccccc2)cn1. The van der Waals surface area contributed by atoms with E-state index in [0.29, 0.717) is 12.3 Å². The Kier molecular flexibility index (Phi) is 5.72. The highest BCUT2D eigenvalue weighted by Gasteiger charge is 2.06. The van der Waals surface area contributed by atoms with Crippen molar-refractivity contribution in [2.45, 2.75) is 6.61 Å². The summed E-state index contributed by atoms with van der Waals surface area (Å²) in [4.78, 5) is 19.6. The third-order valence-corrected chi connectivity index (χ3v) is 3.66. The molecule has 0 amide bonds. The van der Waals surface area contributed by atoms with Crippen LogP contribution in [0.5, 0.6) is 5.75 Å². The normalized spacial score (nSPS) is 10.7. The van der Waals surface area contributed by atoms with E-state index in [0.717, 1.165) is 16.9 Å². The Hall–Kier alpha value is -3.47. The molecule has 0 radical (unpaired) electrons. The zero-order chi connectivity index (χ0) is 18.2. The molecule has 0 aliphatic rings. The molecule has 5 heteroatoms. The summed E-state index contributed by atoms with van der Waals surface area (Å²) < 4.78 is 10.5. The highest BCUT2D eigenvalue weighted by atomic mass is 16.5. The molecular formula is C21H18N2O3. The van der Waals surface area contributed by atoms with Crippen molar-refractivity contribution in [3.63, 3.8) is 0 Å². The van der Waals surface area contributed by atoms with Crippen molar-refractivity contribution in [2.24, 2.45) is 0 Å². The van der Waals surface area contributed by atoms with Gasteiger partial charge in [0.1, 0.15) is 12.4 Å². The number of rotatable bonds is 6. The number of carbonyl (C=O) groups is 1. The van der Waals surface area contributed by atoms with E-state index in [1.807, 2.05) is 66.7 Å². The van der Waals surface area contributed by atoms with Crippen LogP contribution in [0.15, 0.2) is 67.0 Å². The Labute approximate surface area is 152 Å². The largest absolute Gasteiger partial charge is 0.488 e. The molecule has 0 fully saturated rings. The second-order valence-electron chi connectivity index (χ2n) is 5.46. The first-order chi connectivity index (χ1) is 12.8. The smallest absolute Gasteiger partial charge is 0.358 e. The second-order valence-corrected chi connectivity index (χ2v) is 5.46. The number of hydrogen-bond acceptors (Lipinski definition) is 5. The predicted molar refractivity (Wildman–Crippen MR) is 99.5 cm³/mol. The van der Waals surface area contributed by atoms with Crippen molar-refractivity contribution >= 4 is 18.1 Å². The van der Waals surface area contributed by atoms with E-state index in [4.69, 9.17) is 4.74 Å². The number of hydrogen-bond donors (Lipinski definition) is 0. The van der Waals surface area contributed by atoms with E-state index in [1.54, 1.807) is 0 Å². The number of esters is 1. The molecular weight excluding hydrogens is 328 g/mol. The zero-order valence-electron chi connectivity index (χ0n) is 14.3. The minimum Gasteiger partial charge on any atom is -0.488 e. The number of carbonyl (C=O) groups excluding carboxylic acids is 1. The van der Waals surface area contributed by atoms with Crippen LogP contribution in [0.3, 0.4) is 0 Å². The lowest BCUT2D eigenvalue weighted by Crippen LogP contribution is -2.04. The quantitative estimate of drug-likeness (QED) is 0.631. The summed E-state index contributed by atoms with van der Waals surface area (Å²) >= 11 is 0. The van der Waals surface area contributed by atoms with Crippen LogP contribution in [0.1, 0.15) is 27.3 Å². The summed E-state index contributed by atoms with van der Waals surface area (Å²) in [5, 5.41) is 0. The number of para-hydroxylation sites is 1. The standard InChI is InChI=1S/C21H18N2O3/c1-25-21(24)19-14-22-18(13-23-19)12-11-17-9-5-6-10-20(17)26-15-16-7-3-2-4-8-16/h2-14H,15H2,1H3. The van der Waals surface area contributed by atoms with Gasteiger partial charge in [-0.2, -0.15) is 0 Å². The maximum Gasteiger partial charge on any atom is 0.358 e. The number of ether oxygens (including phenoxy) is 2. The van der Waals surface area contributed by atoms with Gasteiger partial charge in [0.05, 0.1) is 25.2 Å². The molecule has 0 saturated carbocycles. The lowest BCUT2D eigenvalue weighted by molar-refractivity contribution is 0.0593. The Morgan fingerprint density at radius 2 is 1.73 bits per heavy atom. The fourth-order valence-electron chi connectivity index (χ4n) is 2.29. The first-order valence-electron chi connectivity index (χ1n) is 8.10. The molecule has 0 aliphatic heterocycles. The number of aromatic nitrogens is 2. The topological polar surface area (TPSA) is 61.3 Å². The van der Waals surface area contributed by atoms with Gasteiger partial charge in [-0.15, -0.1) is 0 Å². The Morgan fingerprint density at radius 3 is 2.46 bits per heavy atom. The average Bonchev–Trinajstić information content (AvgIpc) is 2.72. The Balaban J connectivity index is 1.71. The van der Waals surface area contributed by atoms with Gasteiger partial charge in [0.15, 0.2) is 5.69 Å². The highest BCUT2D eigenvalue weighted by molar-refractivity contribution is 5.86. The van der Waals surface area contributed by atoms with Crippen molar-refractivity contribution in [2.75, 3.05) is 7.11 Å². The van der Waals surface area contributed by atoms with Crippen LogP contribution in [0.4, 0.5) is 0 Å². The molecule has 3 rings (SSSR count). The molecule has 0 atom stereocenters. The van der Waals surface area contributed by atoms with Crippen molar-refractivity contribution in [3.05, 3.63) is 89.5 Å². The van der Waals surface area contributed by atoms with Gasteiger partial charge < -0.3 is 9.47 Å². The minimum absolute atomic E-state index is 0.177. The third-order valence-electron chi connectivity index (χ3n) is 3.66. The molecule has 1 heterocycles. The van der Waals surface area contributed by atoms with Crippen LogP contribution >= 0.6 is 0 Å². The van der Waals surface area contributed by atoms with E-state index in [2.05, 4.69) is 14.7 Å². The van der Waals surface area contributed by atoms with Crippen molar-refractivity contribution in [1.29, 1.82) is 0 Å². The number of nitrogens with zero attached hydrogens (tertiary/aromatic N) is 2. The molecule has 1 aromatic heterocycles. The van der Waals surface area contributed by atoms with Gasteiger partial charge in [-0.1, -0.05) is 48.5 Å². The summed E-state index contributed by atoms with van der Waals surface area (Å²) in [6, 6.07) is 17.8. The predicted octanol–water partition coefficient (Wildman–Crippen LogP) is 4.01. The lowest BCUT2D eigenvalue weighted by atomic mass is 10.1. The summed E-state index contributed by atoms with van der Waals surface area (Å²) in [6.07, 6.45) is 6.64. The van der Waals surface area contributed by atoms with Gasteiger partial charge >= 0.3 is 5.97 Å². The summed E-state index contributed by atoms with van der Waals surface area (Å²) in [5.41, 5.74) is 2.85. The van der Waals surface area contributed by atoms with Gasteiger partial charge in [-0.05, 0) is 23.8 Å². The maximum absolute atomic E-state index is 11.4. The lowest BCUT2D eigenvalue weighted by Gasteiger charge is -2.09. The molecule has 0 spiro atoms. The highest BCUT2D eigenvalue weighted by Crippen LogP contribution is 2.21. The van der Waals surface area contributed by atoms with E-state index in [9.17, 15) is 4.79 Å². The fourth-order valence-corrected chi connectivity index (χ4v) is 2.29. The van der Waals surface area contributed by atoms with E-state index in [1.165, 1.54) is 19.5 Å². The molecule has 0 unspecified atom stereocenters. The van der Waals surface area contributed by atoms with Crippen LogP contribution in [-0.4, -0.2) is 23.0 Å². The molecule has 0 aliphatic carbocycles. The van der Waals surface area contributed by atoms with Gasteiger partial charge in [0.25, 0.3) is 0 Å². The summed E-state index contributed by atoms with van der Waals surface area (Å²) in [7, 11) is 1.31. The zero-order valence-corrected chi connectivity index (χ0v) is 14.3. The summed E-state index contributed by atoms with van der Waals surface area (Å²) in [5.74, 6) is 0.277. The van der Waals surface area contributed by atoms with E-state index in [-0.39, 0.29) is 5.69 Å². The van der Waals surface area contributed by atoms with Crippen LogP contribution in [0, 0.1) is 0 Å². The average molecular weight is 346 g/mol. The van der Waals surface area contributed by atoms with Crippen molar-refractivity contribution < 1.29 is 14.3 Å². The van der Waals surface area contributed by atoms with Crippen molar-refractivity contribution in [3.8, 4) is 5.75 Å². The molecule has 5 nitrogen and oxygen atoms in total. The molecule has 0 saturated heterocycles. The van der Waals surface area contributed by atoms with Gasteiger partial charge in [0, 0.05) is 5.56 Å². The maximum atomic E-state index is 11.4. The first kappa shape index (κ1) is 17.4. The third kappa shape index (κ3) is 4.54. The van der Waals surface area contributed by atoms with Crippen LogP contribution in [-0.2, 0) is 11.3 Å². The second kappa shape index (κ2) is 8.58. The monoisotopic (exact) mass is 346 g/mol. The molecule has 130 valence electrons. The van der Waals surface area contributed by atoms with Gasteiger partial charge in [0.2, 0.25) is 0 Å². The van der Waals surface area contributed by atoms with E-state index >= 15 is 0 Å². The van der Waals surface area contributed by atoms with E-state index < -0.39 is 5.97 Å². The molecule has 26 heavy (non-hydrogen) atoms. The number of methoxy groups -OCH3 is 1.